The molecular weight excluding hydrogens is 342 g/mol. The lowest BCUT2D eigenvalue weighted by atomic mass is 10.2. The van der Waals surface area contributed by atoms with Gasteiger partial charge in [0.15, 0.2) is 0 Å². The molecule has 3 rings (SSSR count). The average Bonchev–Trinajstić information content (AvgIpc) is 2.81. The van der Waals surface area contributed by atoms with Gasteiger partial charge in [-0.1, -0.05) is 0 Å². The number of amides is 2. The van der Waals surface area contributed by atoms with Crippen LogP contribution in [0.3, 0.4) is 0 Å². The summed E-state index contributed by atoms with van der Waals surface area (Å²) in [6, 6.07) is 4.97. The minimum Gasteiger partial charge on any atom is -0.342 e. The van der Waals surface area contributed by atoms with Crippen LogP contribution in [0, 0.1) is 0 Å². The Morgan fingerprint density at radius 1 is 0.960 bits per heavy atom. The molecule has 136 valence electrons. The second-order valence-corrected chi connectivity index (χ2v) is 8.41. The van der Waals surface area contributed by atoms with Gasteiger partial charge in [-0.15, -0.1) is 0 Å². The molecule has 0 spiro atoms. The van der Waals surface area contributed by atoms with E-state index in [1.165, 1.54) is 18.2 Å². The fourth-order valence-corrected chi connectivity index (χ4v) is 4.98. The van der Waals surface area contributed by atoms with E-state index in [0.29, 0.717) is 45.6 Å². The van der Waals surface area contributed by atoms with Crippen LogP contribution >= 0.6 is 0 Å². The van der Waals surface area contributed by atoms with Gasteiger partial charge in [-0.3, -0.25) is 9.59 Å². The number of anilines is 1. The summed E-state index contributed by atoms with van der Waals surface area (Å²) in [7, 11) is -3.60. The highest BCUT2D eigenvalue weighted by molar-refractivity contribution is 7.89. The highest BCUT2D eigenvalue weighted by Gasteiger charge is 2.30. The zero-order chi connectivity index (χ0) is 18.2. The van der Waals surface area contributed by atoms with Crippen LogP contribution in [0.5, 0.6) is 0 Å². The van der Waals surface area contributed by atoms with E-state index in [9.17, 15) is 18.0 Å². The first-order valence-electron chi connectivity index (χ1n) is 8.47. The Morgan fingerprint density at radius 2 is 1.72 bits per heavy atom. The molecule has 2 aliphatic rings. The molecule has 1 fully saturated rings. The van der Waals surface area contributed by atoms with Crippen molar-refractivity contribution in [3.05, 3.63) is 23.8 Å². The first-order valence-corrected chi connectivity index (χ1v) is 9.91. The Kier molecular flexibility index (Phi) is 4.83. The molecule has 1 aromatic rings. The third kappa shape index (κ3) is 3.41. The first kappa shape index (κ1) is 17.9. The minimum absolute atomic E-state index is 0.0268. The Bertz CT molecular complexity index is 806. The number of carbonyl (C=O) groups is 2. The van der Waals surface area contributed by atoms with Gasteiger partial charge in [0.2, 0.25) is 21.8 Å². The van der Waals surface area contributed by atoms with Crippen molar-refractivity contribution in [2.75, 3.05) is 37.6 Å². The standard InChI is InChI=1S/C17H23N3O4S/c1-13(21)18-7-3-8-19(11-10-18)25(23,24)16-4-5-17-15(12-16)6-9-20(17)14(2)22/h4-5,12H,3,6-11H2,1-2H3. The molecule has 0 unspecified atom stereocenters. The van der Waals surface area contributed by atoms with Gasteiger partial charge in [-0.05, 0) is 36.6 Å². The summed E-state index contributed by atoms with van der Waals surface area (Å²) in [6.45, 7) is 5.31. The van der Waals surface area contributed by atoms with Crippen molar-refractivity contribution in [3.63, 3.8) is 0 Å². The molecule has 0 N–H and O–H groups in total. The quantitative estimate of drug-likeness (QED) is 0.778. The number of fused-ring (bicyclic) bond motifs is 1. The summed E-state index contributed by atoms with van der Waals surface area (Å²) in [5.41, 5.74) is 1.68. The van der Waals surface area contributed by atoms with E-state index in [4.69, 9.17) is 0 Å². The molecule has 8 heteroatoms. The Labute approximate surface area is 148 Å². The SMILES string of the molecule is CC(=O)N1CCCN(S(=O)(=O)c2ccc3c(c2)CCN3C(C)=O)CC1. The van der Waals surface area contributed by atoms with Crippen LogP contribution in [0.1, 0.15) is 25.8 Å². The third-order valence-corrected chi connectivity index (χ3v) is 6.76. The third-order valence-electron chi connectivity index (χ3n) is 4.86. The second-order valence-electron chi connectivity index (χ2n) is 6.47. The second kappa shape index (κ2) is 6.76. The maximum atomic E-state index is 13.0. The van der Waals surface area contributed by atoms with Gasteiger partial charge in [-0.25, -0.2) is 8.42 Å². The molecule has 7 nitrogen and oxygen atoms in total. The number of nitrogens with zero attached hydrogens (tertiary/aromatic N) is 3. The molecule has 0 saturated carbocycles. The van der Waals surface area contributed by atoms with Crippen molar-refractivity contribution in [1.82, 2.24) is 9.21 Å². The highest BCUT2D eigenvalue weighted by Crippen LogP contribution is 2.31. The summed E-state index contributed by atoms with van der Waals surface area (Å²) < 4.78 is 27.4. The Morgan fingerprint density at radius 3 is 2.40 bits per heavy atom. The van der Waals surface area contributed by atoms with Crippen molar-refractivity contribution in [1.29, 1.82) is 0 Å². The van der Waals surface area contributed by atoms with Crippen molar-refractivity contribution >= 4 is 27.5 Å². The normalized spacial score (nSPS) is 18.8. The van der Waals surface area contributed by atoms with E-state index < -0.39 is 10.0 Å². The van der Waals surface area contributed by atoms with Crippen LogP contribution in [0.15, 0.2) is 23.1 Å². The van der Waals surface area contributed by atoms with E-state index in [1.54, 1.807) is 28.0 Å². The zero-order valence-electron chi connectivity index (χ0n) is 14.6. The van der Waals surface area contributed by atoms with E-state index in [1.807, 2.05) is 0 Å². The van der Waals surface area contributed by atoms with Crippen LogP contribution in [0.2, 0.25) is 0 Å². The van der Waals surface area contributed by atoms with Crippen LogP contribution in [0.4, 0.5) is 5.69 Å². The molecule has 2 heterocycles. The fourth-order valence-electron chi connectivity index (χ4n) is 3.46. The smallest absolute Gasteiger partial charge is 0.243 e. The predicted octanol–water partition coefficient (Wildman–Crippen LogP) is 0.839. The lowest BCUT2D eigenvalue weighted by Crippen LogP contribution is -2.36. The van der Waals surface area contributed by atoms with Crippen molar-refractivity contribution in [3.8, 4) is 0 Å². The summed E-state index contributed by atoms with van der Waals surface area (Å²) in [4.78, 5) is 26.8. The van der Waals surface area contributed by atoms with Gasteiger partial charge in [0, 0.05) is 52.3 Å². The van der Waals surface area contributed by atoms with Gasteiger partial charge in [0.05, 0.1) is 4.90 Å². The summed E-state index contributed by atoms with van der Waals surface area (Å²) >= 11 is 0. The first-order chi connectivity index (χ1) is 11.8. The molecule has 0 aliphatic carbocycles. The van der Waals surface area contributed by atoms with Gasteiger partial charge in [0.1, 0.15) is 0 Å². The molecule has 2 aliphatic heterocycles. The lowest BCUT2D eigenvalue weighted by Gasteiger charge is -2.21. The van der Waals surface area contributed by atoms with Crippen LogP contribution < -0.4 is 4.90 Å². The van der Waals surface area contributed by atoms with Gasteiger partial charge in [0.25, 0.3) is 0 Å². The largest absolute Gasteiger partial charge is 0.342 e. The lowest BCUT2D eigenvalue weighted by molar-refractivity contribution is -0.128. The summed E-state index contributed by atoms with van der Waals surface area (Å²) in [6.07, 6.45) is 1.29. The van der Waals surface area contributed by atoms with Crippen molar-refractivity contribution in [2.45, 2.75) is 31.6 Å². The molecule has 0 bridgehead atoms. The maximum Gasteiger partial charge on any atom is 0.243 e. The molecular formula is C17H23N3O4S. The van der Waals surface area contributed by atoms with E-state index in [0.717, 1.165) is 11.3 Å². The zero-order valence-corrected chi connectivity index (χ0v) is 15.4. The van der Waals surface area contributed by atoms with E-state index >= 15 is 0 Å². The molecule has 25 heavy (non-hydrogen) atoms. The van der Waals surface area contributed by atoms with Crippen LogP contribution in [-0.2, 0) is 26.0 Å². The Balaban J connectivity index is 1.84. The molecule has 2 amide bonds. The molecule has 0 aromatic heterocycles. The van der Waals surface area contributed by atoms with Crippen LogP contribution in [-0.4, -0.2) is 62.2 Å². The number of benzene rings is 1. The molecule has 0 radical (unpaired) electrons. The minimum atomic E-state index is -3.60. The highest BCUT2D eigenvalue weighted by atomic mass is 32.2. The number of hydrogen-bond acceptors (Lipinski definition) is 4. The van der Waals surface area contributed by atoms with Crippen LogP contribution in [0.25, 0.3) is 0 Å². The predicted molar refractivity (Wildman–Crippen MR) is 93.8 cm³/mol. The average molecular weight is 365 g/mol. The van der Waals surface area contributed by atoms with Crippen molar-refractivity contribution in [2.24, 2.45) is 0 Å². The summed E-state index contributed by atoms with van der Waals surface area (Å²) in [5, 5.41) is 0. The molecule has 1 aromatic carbocycles. The molecule has 0 atom stereocenters. The number of sulfonamides is 1. The van der Waals surface area contributed by atoms with E-state index in [2.05, 4.69) is 0 Å². The van der Waals surface area contributed by atoms with E-state index in [-0.39, 0.29) is 16.7 Å². The maximum absolute atomic E-state index is 13.0. The summed E-state index contributed by atoms with van der Waals surface area (Å²) in [5.74, 6) is -0.0627. The van der Waals surface area contributed by atoms with Gasteiger partial charge in [-0.2, -0.15) is 4.31 Å². The Hall–Kier alpha value is -1.93. The number of hydrogen-bond donors (Lipinski definition) is 0. The van der Waals surface area contributed by atoms with Gasteiger partial charge < -0.3 is 9.80 Å². The fraction of sp³-hybridized carbons (Fsp3) is 0.529. The number of carbonyl (C=O) groups excluding carboxylic acids is 2. The number of rotatable bonds is 2. The topological polar surface area (TPSA) is 78.0 Å². The monoisotopic (exact) mass is 365 g/mol. The van der Waals surface area contributed by atoms with Gasteiger partial charge >= 0.3 is 0 Å². The van der Waals surface area contributed by atoms with Crippen molar-refractivity contribution < 1.29 is 18.0 Å². The molecule has 1 saturated heterocycles.